The van der Waals surface area contributed by atoms with Gasteiger partial charge < -0.3 is 14.8 Å². The van der Waals surface area contributed by atoms with Crippen molar-refractivity contribution in [3.63, 3.8) is 0 Å². The van der Waals surface area contributed by atoms with Crippen LogP contribution in [0.1, 0.15) is 26.3 Å². The van der Waals surface area contributed by atoms with Gasteiger partial charge in [-0.15, -0.1) is 0 Å². The van der Waals surface area contributed by atoms with Crippen LogP contribution >= 0.6 is 0 Å². The van der Waals surface area contributed by atoms with Crippen LogP contribution in [0.15, 0.2) is 24.3 Å². The maximum atomic E-state index is 11.8. The summed E-state index contributed by atoms with van der Waals surface area (Å²) in [7, 11) is 1.53. The lowest BCUT2D eigenvalue weighted by atomic mass is 10.1. The highest BCUT2D eigenvalue weighted by Crippen LogP contribution is 2.15. The molecule has 1 unspecified atom stereocenters. The van der Waals surface area contributed by atoms with Crippen molar-refractivity contribution >= 4 is 11.8 Å². The molecule has 0 heterocycles. The van der Waals surface area contributed by atoms with E-state index >= 15 is 0 Å². The number of amides is 1. The van der Waals surface area contributed by atoms with E-state index in [1.54, 1.807) is 32.9 Å². The number of nitro groups is 1. The van der Waals surface area contributed by atoms with Gasteiger partial charge in [-0.3, -0.25) is 10.1 Å². The first-order valence-electron chi connectivity index (χ1n) is 6.93. The Morgan fingerprint density at radius 1 is 1.41 bits per heavy atom. The van der Waals surface area contributed by atoms with Crippen LogP contribution in [-0.2, 0) is 15.9 Å². The minimum atomic E-state index is -0.590. The van der Waals surface area contributed by atoms with Crippen molar-refractivity contribution in [1.82, 2.24) is 5.32 Å². The summed E-state index contributed by atoms with van der Waals surface area (Å²) in [6.07, 6.45) is -0.130. The number of non-ortho nitro benzene ring substituents is 1. The van der Waals surface area contributed by atoms with Crippen LogP contribution in [-0.4, -0.2) is 36.4 Å². The summed E-state index contributed by atoms with van der Waals surface area (Å²) in [6, 6.07) is 5.97. The minimum Gasteiger partial charge on any atom is -0.444 e. The molecule has 1 aromatic carbocycles. The molecule has 7 heteroatoms. The third-order valence-corrected chi connectivity index (χ3v) is 2.69. The highest BCUT2D eigenvalue weighted by Gasteiger charge is 2.20. The van der Waals surface area contributed by atoms with Gasteiger partial charge in [0.1, 0.15) is 5.60 Å². The van der Waals surface area contributed by atoms with Crippen LogP contribution in [0, 0.1) is 10.1 Å². The summed E-state index contributed by atoms with van der Waals surface area (Å²) < 4.78 is 10.3. The molecule has 0 aliphatic rings. The maximum Gasteiger partial charge on any atom is 0.407 e. The first-order valence-corrected chi connectivity index (χ1v) is 6.93. The number of methoxy groups -OCH3 is 1. The number of carbonyl (C=O) groups is 1. The van der Waals surface area contributed by atoms with Gasteiger partial charge in [0.25, 0.3) is 5.69 Å². The van der Waals surface area contributed by atoms with Crippen LogP contribution in [0.5, 0.6) is 0 Å². The highest BCUT2D eigenvalue weighted by atomic mass is 16.6. The van der Waals surface area contributed by atoms with E-state index in [-0.39, 0.29) is 18.3 Å². The number of ether oxygens (including phenoxy) is 2. The predicted molar refractivity (Wildman–Crippen MR) is 81.8 cm³/mol. The van der Waals surface area contributed by atoms with E-state index in [1.807, 2.05) is 0 Å². The molecule has 1 atom stereocenters. The van der Waals surface area contributed by atoms with Gasteiger partial charge in [0.15, 0.2) is 0 Å². The predicted octanol–water partition coefficient (Wildman–Crippen LogP) is 2.68. The highest BCUT2D eigenvalue weighted by molar-refractivity contribution is 5.68. The zero-order chi connectivity index (χ0) is 16.8. The average Bonchev–Trinajstić information content (AvgIpc) is 2.36. The van der Waals surface area contributed by atoms with Crippen LogP contribution in [0.25, 0.3) is 0 Å². The lowest BCUT2D eigenvalue weighted by molar-refractivity contribution is -0.384. The lowest BCUT2D eigenvalue weighted by Crippen LogP contribution is -2.42. The second-order valence-corrected chi connectivity index (χ2v) is 5.93. The lowest BCUT2D eigenvalue weighted by Gasteiger charge is -2.23. The first-order chi connectivity index (χ1) is 10.2. The molecule has 0 aromatic heterocycles. The normalized spacial score (nSPS) is 12.5. The van der Waals surface area contributed by atoms with E-state index in [2.05, 4.69) is 5.32 Å². The molecule has 0 radical (unpaired) electrons. The van der Waals surface area contributed by atoms with E-state index < -0.39 is 16.6 Å². The van der Waals surface area contributed by atoms with Crippen molar-refractivity contribution in [2.24, 2.45) is 0 Å². The molecule has 1 aromatic rings. The van der Waals surface area contributed by atoms with Crippen molar-refractivity contribution < 1.29 is 19.2 Å². The van der Waals surface area contributed by atoms with Gasteiger partial charge in [0.05, 0.1) is 17.6 Å². The Kier molecular flexibility index (Phi) is 6.30. The van der Waals surface area contributed by atoms with Crippen LogP contribution < -0.4 is 5.32 Å². The monoisotopic (exact) mass is 310 g/mol. The molecule has 122 valence electrons. The Balaban J connectivity index is 2.73. The van der Waals surface area contributed by atoms with Gasteiger partial charge in [0, 0.05) is 19.2 Å². The number of rotatable bonds is 6. The zero-order valence-electron chi connectivity index (χ0n) is 13.3. The largest absolute Gasteiger partial charge is 0.444 e. The van der Waals surface area contributed by atoms with Gasteiger partial charge in [0.2, 0.25) is 0 Å². The van der Waals surface area contributed by atoms with E-state index in [4.69, 9.17) is 9.47 Å². The van der Waals surface area contributed by atoms with Gasteiger partial charge >= 0.3 is 6.09 Å². The number of alkyl carbamates (subject to hydrolysis) is 1. The fourth-order valence-corrected chi connectivity index (χ4v) is 1.91. The molecule has 0 bridgehead atoms. The minimum absolute atomic E-state index is 0.0194. The number of nitro benzene ring substituents is 1. The van der Waals surface area contributed by atoms with Gasteiger partial charge in [-0.1, -0.05) is 12.1 Å². The molecular formula is C15H22N2O5. The first kappa shape index (κ1) is 17.9. The zero-order valence-corrected chi connectivity index (χ0v) is 13.3. The maximum absolute atomic E-state index is 11.8. The third kappa shape index (κ3) is 6.53. The fourth-order valence-electron chi connectivity index (χ4n) is 1.91. The molecule has 0 saturated heterocycles. The summed E-state index contributed by atoms with van der Waals surface area (Å²) in [5.74, 6) is 0. The topological polar surface area (TPSA) is 90.7 Å². The molecule has 7 nitrogen and oxygen atoms in total. The summed E-state index contributed by atoms with van der Waals surface area (Å²) >= 11 is 0. The number of hydrogen-bond donors (Lipinski definition) is 1. The number of hydrogen-bond acceptors (Lipinski definition) is 5. The second-order valence-electron chi connectivity index (χ2n) is 5.93. The molecular weight excluding hydrogens is 288 g/mol. The Morgan fingerprint density at radius 3 is 2.64 bits per heavy atom. The second kappa shape index (κ2) is 7.74. The summed E-state index contributed by atoms with van der Waals surface area (Å²) in [5.41, 5.74) is 0.172. The van der Waals surface area contributed by atoms with Crippen LogP contribution in [0.2, 0.25) is 0 Å². The Bertz CT molecular complexity index is 525. The van der Waals surface area contributed by atoms with Crippen molar-refractivity contribution in [3.05, 3.63) is 39.9 Å². The van der Waals surface area contributed by atoms with E-state index in [0.717, 1.165) is 5.56 Å². The quantitative estimate of drug-likeness (QED) is 0.644. The molecule has 1 N–H and O–H groups in total. The van der Waals surface area contributed by atoms with Gasteiger partial charge in [-0.2, -0.15) is 0 Å². The molecule has 0 spiro atoms. The van der Waals surface area contributed by atoms with Crippen LogP contribution in [0.4, 0.5) is 10.5 Å². The van der Waals surface area contributed by atoms with E-state index in [9.17, 15) is 14.9 Å². The van der Waals surface area contributed by atoms with Gasteiger partial charge in [-0.25, -0.2) is 4.79 Å². The summed E-state index contributed by atoms with van der Waals surface area (Å²) in [4.78, 5) is 22.2. The van der Waals surface area contributed by atoms with Gasteiger partial charge in [-0.05, 0) is 32.8 Å². The molecule has 0 aliphatic carbocycles. The molecule has 22 heavy (non-hydrogen) atoms. The van der Waals surface area contributed by atoms with Crippen molar-refractivity contribution in [1.29, 1.82) is 0 Å². The number of carbonyl (C=O) groups excluding carboxylic acids is 1. The van der Waals surface area contributed by atoms with Crippen molar-refractivity contribution in [2.75, 3.05) is 13.7 Å². The smallest absolute Gasteiger partial charge is 0.407 e. The number of nitrogens with zero attached hydrogens (tertiary/aromatic N) is 1. The Labute approximate surface area is 129 Å². The summed E-state index contributed by atoms with van der Waals surface area (Å²) in [5, 5.41) is 13.5. The Hall–Kier alpha value is -2.15. The molecule has 1 rings (SSSR count). The van der Waals surface area contributed by atoms with E-state index in [1.165, 1.54) is 19.2 Å². The third-order valence-electron chi connectivity index (χ3n) is 2.69. The Morgan fingerprint density at radius 2 is 2.09 bits per heavy atom. The van der Waals surface area contributed by atoms with Crippen LogP contribution in [0.3, 0.4) is 0 Å². The molecule has 1 amide bonds. The molecule has 0 aliphatic heterocycles. The average molecular weight is 310 g/mol. The van der Waals surface area contributed by atoms with Crippen molar-refractivity contribution in [2.45, 2.75) is 38.8 Å². The van der Waals surface area contributed by atoms with E-state index in [0.29, 0.717) is 6.42 Å². The molecule has 0 saturated carbocycles. The summed E-state index contributed by atoms with van der Waals surface area (Å²) in [6.45, 7) is 5.61. The number of benzene rings is 1. The fraction of sp³-hybridized carbons (Fsp3) is 0.533. The SMILES string of the molecule is COCC(Cc1cccc([N+](=O)[O-])c1)NC(=O)OC(C)(C)C. The molecule has 0 fully saturated rings. The van der Waals surface area contributed by atoms with Crippen molar-refractivity contribution in [3.8, 4) is 0 Å². The number of nitrogens with one attached hydrogen (secondary N) is 1. The standard InChI is InChI=1S/C15H22N2O5/c1-15(2,3)22-14(18)16-12(10-21-4)8-11-6-5-7-13(9-11)17(19)20/h5-7,9,12H,8,10H2,1-4H3,(H,16,18).